The lowest BCUT2D eigenvalue weighted by molar-refractivity contribution is -0.161. The van der Waals surface area contributed by atoms with Crippen molar-refractivity contribution in [1.82, 2.24) is 0 Å². The van der Waals surface area contributed by atoms with Gasteiger partial charge in [-0.15, -0.1) is 0 Å². The normalized spacial score (nSPS) is 14.4. The van der Waals surface area contributed by atoms with Gasteiger partial charge in [0, 0.05) is 25.7 Å². The third-order valence-corrected chi connectivity index (χ3v) is 18.7. The van der Waals surface area contributed by atoms with Crippen molar-refractivity contribution in [2.24, 2.45) is 11.8 Å². The highest BCUT2D eigenvalue weighted by Crippen LogP contribution is 2.45. The van der Waals surface area contributed by atoms with Crippen LogP contribution in [0.4, 0.5) is 0 Å². The van der Waals surface area contributed by atoms with Gasteiger partial charge in [-0.3, -0.25) is 37.3 Å². The number of ether oxygens (including phenoxy) is 4. The minimum atomic E-state index is -4.95. The molecule has 0 aromatic rings. The van der Waals surface area contributed by atoms with Gasteiger partial charge >= 0.3 is 39.5 Å². The summed E-state index contributed by atoms with van der Waals surface area (Å²) in [5.41, 5.74) is 0. The number of phosphoric acid groups is 2. The van der Waals surface area contributed by atoms with E-state index >= 15 is 0 Å². The van der Waals surface area contributed by atoms with Crippen molar-refractivity contribution in [2.75, 3.05) is 39.6 Å². The fourth-order valence-corrected chi connectivity index (χ4v) is 12.3. The molecule has 90 heavy (non-hydrogen) atoms. The monoisotopic (exact) mass is 1320 g/mol. The van der Waals surface area contributed by atoms with E-state index in [4.69, 9.17) is 37.0 Å². The Bertz CT molecular complexity index is 1750. The highest BCUT2D eigenvalue weighted by atomic mass is 31.2. The van der Waals surface area contributed by atoms with Crippen molar-refractivity contribution < 1.29 is 80.2 Å². The molecular weight excluding hydrogens is 1190 g/mol. The van der Waals surface area contributed by atoms with E-state index in [0.717, 1.165) is 108 Å². The van der Waals surface area contributed by atoms with Crippen LogP contribution in [0, 0.1) is 11.8 Å². The van der Waals surface area contributed by atoms with Crippen LogP contribution in [0.2, 0.25) is 0 Å². The summed E-state index contributed by atoms with van der Waals surface area (Å²) in [4.78, 5) is 72.3. The van der Waals surface area contributed by atoms with Crippen LogP contribution in [0.25, 0.3) is 0 Å². The largest absolute Gasteiger partial charge is 0.472 e. The third-order valence-electron chi connectivity index (χ3n) is 16.8. The first-order valence-corrected chi connectivity index (χ1v) is 40.0. The Morgan fingerprint density at radius 3 is 0.844 bits per heavy atom. The number of aliphatic hydroxyl groups excluding tert-OH is 1. The van der Waals surface area contributed by atoms with Crippen LogP contribution in [-0.2, 0) is 65.4 Å². The number of unbranched alkanes of at least 4 members (excludes halogenated alkanes) is 39. The zero-order chi connectivity index (χ0) is 66.5. The number of hydrogen-bond acceptors (Lipinski definition) is 15. The summed E-state index contributed by atoms with van der Waals surface area (Å²) in [7, 11) is -9.89. The van der Waals surface area contributed by atoms with Gasteiger partial charge in [0.05, 0.1) is 26.4 Å². The minimum Gasteiger partial charge on any atom is -0.462 e. The summed E-state index contributed by atoms with van der Waals surface area (Å²) in [5, 5.41) is 10.6. The number of aliphatic hydroxyl groups is 1. The number of carbonyl (C=O) groups is 4. The van der Waals surface area contributed by atoms with Crippen molar-refractivity contribution in [3.63, 3.8) is 0 Å². The van der Waals surface area contributed by atoms with E-state index in [9.17, 15) is 43.2 Å². The molecule has 0 amide bonds. The molecule has 0 fully saturated rings. The van der Waals surface area contributed by atoms with Gasteiger partial charge < -0.3 is 33.8 Å². The molecule has 19 heteroatoms. The summed E-state index contributed by atoms with van der Waals surface area (Å²) in [6, 6.07) is 0. The van der Waals surface area contributed by atoms with Crippen molar-refractivity contribution in [2.45, 2.75) is 381 Å². The fourth-order valence-electron chi connectivity index (χ4n) is 10.7. The summed E-state index contributed by atoms with van der Waals surface area (Å²) >= 11 is 0. The van der Waals surface area contributed by atoms with E-state index in [0.29, 0.717) is 25.7 Å². The average molecular weight is 1330 g/mol. The van der Waals surface area contributed by atoms with Gasteiger partial charge in [0.1, 0.15) is 19.3 Å². The number of rotatable bonds is 70. The summed E-state index contributed by atoms with van der Waals surface area (Å²) < 4.78 is 68.1. The standard InChI is InChI=1S/C71H138O17P2/c1-7-10-12-14-15-16-17-18-19-20-21-22-23-24-25-26-27-30-37-43-49-55-70(75)88-67(60-82-69(74)54-48-42-36-31-28-29-34-40-45-51-63(4)5)62-86-90(79,80)84-58-65(72)57-83-89(77,78)85-61-66(59-81-68(73)53-47-39-13-11-8-2)87-71(76)56-50-44-38-33-32-35-41-46-52-64(6)9-3/h63-67,72H,7-62H2,1-6H3,(H,77,78)(H,79,80)/t64?,65-,66+,67+/m0/s1. The van der Waals surface area contributed by atoms with Gasteiger partial charge in [-0.1, -0.05) is 311 Å². The van der Waals surface area contributed by atoms with Crippen LogP contribution < -0.4 is 0 Å². The van der Waals surface area contributed by atoms with Gasteiger partial charge in [0.2, 0.25) is 0 Å². The highest BCUT2D eigenvalue weighted by Gasteiger charge is 2.30. The molecule has 0 aromatic carbocycles. The van der Waals surface area contributed by atoms with E-state index < -0.39 is 97.5 Å². The number of carbonyl (C=O) groups excluding carboxylic acids is 4. The van der Waals surface area contributed by atoms with Gasteiger partial charge in [0.15, 0.2) is 12.2 Å². The number of esters is 4. The molecule has 0 saturated carbocycles. The Morgan fingerprint density at radius 2 is 0.567 bits per heavy atom. The molecule has 0 bridgehead atoms. The van der Waals surface area contributed by atoms with E-state index in [2.05, 4.69) is 41.5 Å². The maximum absolute atomic E-state index is 13.0. The molecule has 0 aliphatic heterocycles. The molecule has 17 nitrogen and oxygen atoms in total. The molecule has 6 atom stereocenters. The van der Waals surface area contributed by atoms with Gasteiger partial charge in [0.25, 0.3) is 0 Å². The van der Waals surface area contributed by atoms with E-state index in [-0.39, 0.29) is 25.7 Å². The smallest absolute Gasteiger partial charge is 0.462 e. The highest BCUT2D eigenvalue weighted by molar-refractivity contribution is 7.47. The molecule has 3 N–H and O–H groups in total. The lowest BCUT2D eigenvalue weighted by atomic mass is 9.99. The lowest BCUT2D eigenvalue weighted by Gasteiger charge is -2.21. The molecule has 534 valence electrons. The molecule has 0 rings (SSSR count). The van der Waals surface area contributed by atoms with Gasteiger partial charge in [-0.25, -0.2) is 9.13 Å². The van der Waals surface area contributed by atoms with Crippen LogP contribution >= 0.6 is 15.6 Å². The van der Waals surface area contributed by atoms with Crippen molar-refractivity contribution in [3.8, 4) is 0 Å². The van der Waals surface area contributed by atoms with Crippen LogP contribution in [0.3, 0.4) is 0 Å². The van der Waals surface area contributed by atoms with Crippen LogP contribution in [0.5, 0.6) is 0 Å². The maximum Gasteiger partial charge on any atom is 0.472 e. The predicted molar refractivity (Wildman–Crippen MR) is 363 cm³/mol. The molecule has 0 radical (unpaired) electrons. The van der Waals surface area contributed by atoms with Crippen molar-refractivity contribution >= 4 is 39.5 Å². The van der Waals surface area contributed by atoms with E-state index in [1.807, 2.05) is 0 Å². The van der Waals surface area contributed by atoms with Crippen molar-refractivity contribution in [1.29, 1.82) is 0 Å². The maximum atomic E-state index is 13.0. The summed E-state index contributed by atoms with van der Waals surface area (Å²) in [6.45, 7) is 9.44. The molecule has 0 saturated heterocycles. The molecule has 0 heterocycles. The summed E-state index contributed by atoms with van der Waals surface area (Å²) in [6.07, 6.45) is 49.1. The van der Waals surface area contributed by atoms with E-state index in [1.54, 1.807) is 0 Å². The Hall–Kier alpha value is -1.94. The Kier molecular flexibility index (Phi) is 61.8. The van der Waals surface area contributed by atoms with E-state index in [1.165, 1.54) is 173 Å². The zero-order valence-corrected chi connectivity index (χ0v) is 60.2. The quantitative estimate of drug-likeness (QED) is 0.0222. The topological polar surface area (TPSA) is 237 Å². The molecule has 0 aliphatic carbocycles. The SMILES string of the molecule is CCCCCCCCCCCCCCCCCCCCCCCC(=O)O[C@H](COC(=O)CCCCCCCCCCCC(C)C)COP(=O)(O)OC[C@@H](O)COP(=O)(O)OC[C@@H](COC(=O)CCCCCCC)OC(=O)CCCCCCCCCCC(C)CC. The second-order valence-electron chi connectivity index (χ2n) is 26.3. The first kappa shape index (κ1) is 88.1. The zero-order valence-electron chi connectivity index (χ0n) is 58.4. The Morgan fingerprint density at radius 1 is 0.322 bits per heavy atom. The number of hydrogen-bond donors (Lipinski definition) is 3. The van der Waals surface area contributed by atoms with Crippen molar-refractivity contribution in [3.05, 3.63) is 0 Å². The lowest BCUT2D eigenvalue weighted by Crippen LogP contribution is -2.30. The average Bonchev–Trinajstić information content (AvgIpc) is 3.41. The Balaban J connectivity index is 5.11. The molecule has 3 unspecified atom stereocenters. The fraction of sp³-hybridized carbons (Fsp3) is 0.944. The Labute approximate surface area is 549 Å². The molecular formula is C71H138O17P2. The second kappa shape index (κ2) is 63.1. The summed E-state index contributed by atoms with van der Waals surface area (Å²) in [5.74, 6) is -0.624. The van der Waals surface area contributed by atoms with Crippen LogP contribution in [0.1, 0.15) is 363 Å². The number of phosphoric ester groups is 2. The molecule has 0 spiro atoms. The van der Waals surface area contributed by atoms with Gasteiger partial charge in [-0.2, -0.15) is 0 Å². The van der Waals surface area contributed by atoms with Gasteiger partial charge in [-0.05, 0) is 37.5 Å². The van der Waals surface area contributed by atoms with Crippen LogP contribution in [0.15, 0.2) is 0 Å². The minimum absolute atomic E-state index is 0.104. The third kappa shape index (κ3) is 63.5. The molecule has 0 aromatic heterocycles. The first-order chi connectivity index (χ1) is 43.4. The molecule has 0 aliphatic rings. The second-order valence-corrected chi connectivity index (χ2v) is 29.3. The first-order valence-electron chi connectivity index (χ1n) is 37.0. The predicted octanol–water partition coefficient (Wildman–Crippen LogP) is 20.4. The van der Waals surface area contributed by atoms with Crippen LogP contribution in [-0.4, -0.2) is 96.7 Å².